The van der Waals surface area contributed by atoms with E-state index in [1.165, 1.54) is 0 Å². The summed E-state index contributed by atoms with van der Waals surface area (Å²) in [6, 6.07) is -1.09. The van der Waals surface area contributed by atoms with Crippen LogP contribution in [0, 0.1) is 5.92 Å². The quantitative estimate of drug-likeness (QED) is 0.337. The molecule has 0 rings (SSSR count). The third-order valence-corrected chi connectivity index (χ3v) is 4.35. The summed E-state index contributed by atoms with van der Waals surface area (Å²) in [6.45, 7) is 9.81. The van der Waals surface area contributed by atoms with Crippen LogP contribution in [0.2, 0.25) is 0 Å². The average molecular weight is 389 g/mol. The molecule has 0 spiro atoms. The minimum atomic E-state index is -1.09. The van der Waals surface area contributed by atoms with Gasteiger partial charge < -0.3 is 14.8 Å². The fourth-order valence-corrected chi connectivity index (χ4v) is 2.92. The zero-order valence-corrected chi connectivity index (χ0v) is 16.9. The van der Waals surface area contributed by atoms with E-state index in [1.54, 1.807) is 41.5 Å². The van der Waals surface area contributed by atoms with E-state index in [1.807, 2.05) is 0 Å². The lowest BCUT2D eigenvalue weighted by Crippen LogP contribution is -2.54. The second-order valence-corrected chi connectivity index (χ2v) is 7.96. The molecule has 0 aromatic carbocycles. The minimum Gasteiger partial charge on any atom is -0.464 e. The Kier molecular flexibility index (Phi) is 10.1. The molecule has 0 aliphatic carbocycles. The molecule has 0 fully saturated rings. The molecule has 0 saturated carbocycles. The predicted octanol–water partition coefficient (Wildman–Crippen LogP) is 1.25. The fourth-order valence-electron chi connectivity index (χ4n) is 1.85. The lowest BCUT2D eigenvalue weighted by Gasteiger charge is -2.32. The average Bonchev–Trinajstić information content (AvgIpc) is 2.51. The van der Waals surface area contributed by atoms with Gasteiger partial charge in [-0.15, -0.1) is 0 Å². The summed E-state index contributed by atoms with van der Waals surface area (Å²) >= 11 is 0.699. The van der Waals surface area contributed by atoms with Crippen LogP contribution in [0.1, 0.15) is 48.0 Å². The Balaban J connectivity index is 5.18. The van der Waals surface area contributed by atoms with Crippen LogP contribution in [-0.2, 0) is 33.4 Å². The van der Waals surface area contributed by atoms with Crippen molar-refractivity contribution in [2.45, 2.75) is 58.8 Å². The first kappa shape index (κ1) is 24.1. The molecular weight excluding hydrogens is 362 g/mol. The highest BCUT2D eigenvalue weighted by Crippen LogP contribution is 2.31. The van der Waals surface area contributed by atoms with E-state index in [-0.39, 0.29) is 25.0 Å². The topological polar surface area (TPSA) is 116 Å². The van der Waals surface area contributed by atoms with E-state index in [4.69, 9.17) is 4.74 Å². The molecule has 0 radical (unpaired) electrons. The summed E-state index contributed by atoms with van der Waals surface area (Å²) in [7, 11) is 0. The van der Waals surface area contributed by atoms with E-state index >= 15 is 0 Å². The van der Waals surface area contributed by atoms with Crippen molar-refractivity contribution in [2.24, 2.45) is 5.92 Å². The van der Waals surface area contributed by atoms with Crippen LogP contribution in [0.4, 0.5) is 0 Å². The number of amides is 1. The van der Waals surface area contributed by atoms with Gasteiger partial charge in [-0.1, -0.05) is 25.6 Å². The van der Waals surface area contributed by atoms with Crippen molar-refractivity contribution < 1.29 is 33.4 Å². The summed E-state index contributed by atoms with van der Waals surface area (Å²) in [5.41, 5.74) is 0. The van der Waals surface area contributed by atoms with E-state index < -0.39 is 40.0 Å². The number of esters is 2. The van der Waals surface area contributed by atoms with Crippen LogP contribution < -0.4 is 5.32 Å². The molecule has 0 heterocycles. The molecule has 1 atom stereocenters. The Morgan fingerprint density at radius 2 is 1.54 bits per heavy atom. The molecule has 1 amide bonds. The molecule has 1 unspecified atom stereocenters. The van der Waals surface area contributed by atoms with Crippen molar-refractivity contribution in [3.05, 3.63) is 0 Å². The Hall–Kier alpha value is -1.90. The molecule has 0 saturated heterocycles. The largest absolute Gasteiger partial charge is 0.464 e. The van der Waals surface area contributed by atoms with Gasteiger partial charge in [0.05, 0.1) is 19.6 Å². The lowest BCUT2D eigenvalue weighted by molar-refractivity contribution is -0.154. The number of nitrogens with one attached hydrogen (secondary N) is 1. The first-order valence-corrected chi connectivity index (χ1v) is 9.16. The van der Waals surface area contributed by atoms with Crippen molar-refractivity contribution in [3.63, 3.8) is 0 Å². The van der Waals surface area contributed by atoms with Crippen molar-refractivity contribution in [2.75, 3.05) is 13.2 Å². The zero-order chi connectivity index (χ0) is 20.5. The van der Waals surface area contributed by atoms with Gasteiger partial charge in [0.25, 0.3) is 0 Å². The van der Waals surface area contributed by atoms with Gasteiger partial charge in [-0.05, 0) is 27.7 Å². The van der Waals surface area contributed by atoms with E-state index in [0.29, 0.717) is 11.8 Å². The Labute approximate surface area is 157 Å². The summed E-state index contributed by atoms with van der Waals surface area (Å²) in [5, 5.41) is 1.97. The summed E-state index contributed by atoms with van der Waals surface area (Å²) < 4.78 is 8.44. The minimum absolute atomic E-state index is 0.0313. The highest BCUT2D eigenvalue weighted by atomic mass is 32.2. The Morgan fingerprint density at radius 1 is 1.00 bits per heavy atom. The maximum Gasteiger partial charge on any atom is 0.375 e. The predicted molar refractivity (Wildman–Crippen MR) is 96.3 cm³/mol. The van der Waals surface area contributed by atoms with E-state index in [2.05, 4.69) is 10.1 Å². The van der Waals surface area contributed by atoms with Crippen LogP contribution in [0.15, 0.2) is 0 Å². The van der Waals surface area contributed by atoms with Crippen molar-refractivity contribution in [3.8, 4) is 0 Å². The van der Waals surface area contributed by atoms with Gasteiger partial charge in [0.1, 0.15) is 6.04 Å². The third-order valence-electron chi connectivity index (χ3n) is 3.21. The van der Waals surface area contributed by atoms with Crippen LogP contribution >= 0.6 is 11.8 Å². The Morgan fingerprint density at radius 3 is 2.00 bits per heavy atom. The fraction of sp³-hybridized carbons (Fsp3) is 0.706. The highest BCUT2D eigenvalue weighted by Gasteiger charge is 2.40. The molecule has 1 N–H and O–H groups in total. The van der Waals surface area contributed by atoms with Gasteiger partial charge in [-0.3, -0.25) is 14.4 Å². The number of thioether (sulfide) groups is 1. The van der Waals surface area contributed by atoms with Crippen LogP contribution in [-0.4, -0.2) is 52.7 Å². The molecule has 0 aliphatic heterocycles. The van der Waals surface area contributed by atoms with Crippen molar-refractivity contribution in [1.29, 1.82) is 0 Å². The van der Waals surface area contributed by atoms with Gasteiger partial charge in [0, 0.05) is 10.7 Å². The number of hydrogen-bond acceptors (Lipinski definition) is 8. The normalized spacial score (nSPS) is 12.3. The number of ketones is 1. The number of ether oxygens (including phenoxy) is 2. The maximum atomic E-state index is 12.2. The monoisotopic (exact) mass is 389 g/mol. The molecule has 0 aliphatic rings. The number of carbonyl (C=O) groups excluding carboxylic acids is 5. The summed E-state index contributed by atoms with van der Waals surface area (Å²) in [6.07, 6.45) is -0.652. The lowest BCUT2D eigenvalue weighted by atomic mass is 10.0. The first-order valence-electron chi connectivity index (χ1n) is 8.35. The number of Topliss-reactive ketones (excluding diaryl/α,β-unsaturated/α-hetero) is 1. The van der Waals surface area contributed by atoms with Gasteiger partial charge in [-0.2, -0.15) is 0 Å². The molecule has 8 nitrogen and oxygen atoms in total. The SMILES string of the molecule is CCOC(=O)C(=O)CC(=O)SC(C)(C)C(NC(=O)C(C)C)C(=O)OCC. The molecule has 26 heavy (non-hydrogen) atoms. The highest BCUT2D eigenvalue weighted by molar-refractivity contribution is 8.14. The number of hydrogen-bond donors (Lipinski definition) is 1. The van der Waals surface area contributed by atoms with Crippen molar-refractivity contribution >= 4 is 40.5 Å². The Bertz CT molecular complexity index is 557. The molecule has 148 valence electrons. The number of carbonyl (C=O) groups is 5. The molecule has 0 bridgehead atoms. The van der Waals surface area contributed by atoms with Crippen LogP contribution in [0.5, 0.6) is 0 Å². The van der Waals surface area contributed by atoms with Crippen molar-refractivity contribution in [1.82, 2.24) is 5.32 Å². The van der Waals surface area contributed by atoms with Gasteiger partial charge >= 0.3 is 11.9 Å². The maximum absolute atomic E-state index is 12.2. The molecule has 0 aromatic heterocycles. The van der Waals surface area contributed by atoms with Gasteiger partial charge in [-0.25, -0.2) is 9.59 Å². The van der Waals surface area contributed by atoms with Gasteiger partial charge in [0.15, 0.2) is 5.12 Å². The van der Waals surface area contributed by atoms with Crippen LogP contribution in [0.25, 0.3) is 0 Å². The summed E-state index contributed by atoms with van der Waals surface area (Å²) in [5.74, 6) is -3.45. The number of rotatable bonds is 10. The molecule has 0 aromatic rings. The van der Waals surface area contributed by atoms with E-state index in [0.717, 1.165) is 0 Å². The zero-order valence-electron chi connectivity index (χ0n) is 16.0. The second-order valence-electron chi connectivity index (χ2n) is 6.25. The first-order chi connectivity index (χ1) is 12.0. The smallest absolute Gasteiger partial charge is 0.375 e. The molecule has 9 heteroatoms. The summed E-state index contributed by atoms with van der Waals surface area (Å²) in [4.78, 5) is 59.4. The standard InChI is InChI=1S/C17H27NO7S/c1-7-24-15(22)11(19)9-12(20)26-17(5,6)13(16(23)25-8-2)18-14(21)10(3)4/h10,13H,7-9H2,1-6H3,(H,18,21). The van der Waals surface area contributed by atoms with E-state index in [9.17, 15) is 24.0 Å². The third kappa shape index (κ3) is 7.99. The van der Waals surface area contributed by atoms with Crippen LogP contribution in [0.3, 0.4) is 0 Å². The second kappa shape index (κ2) is 10.9. The van der Waals surface area contributed by atoms with Gasteiger partial charge in [0.2, 0.25) is 11.7 Å². The molecular formula is C17H27NO7S.